The predicted octanol–water partition coefficient (Wildman–Crippen LogP) is 1.25. The van der Waals surface area contributed by atoms with Gasteiger partial charge in [0.25, 0.3) is 11.8 Å². The summed E-state index contributed by atoms with van der Waals surface area (Å²) in [4.78, 5) is 37.9. The number of fused-ring (bicyclic) bond motifs is 1. The molecule has 0 spiro atoms. The summed E-state index contributed by atoms with van der Waals surface area (Å²) < 4.78 is 0. The van der Waals surface area contributed by atoms with E-state index in [4.69, 9.17) is 5.73 Å². The third-order valence-electron chi connectivity index (χ3n) is 3.56. The number of hydrogen-bond donors (Lipinski definition) is 2. The van der Waals surface area contributed by atoms with Gasteiger partial charge in [-0.15, -0.1) is 12.4 Å². The first-order chi connectivity index (χ1) is 10.1. The first kappa shape index (κ1) is 19.1. The van der Waals surface area contributed by atoms with Crippen molar-refractivity contribution in [2.45, 2.75) is 39.3 Å². The SMILES string of the molecule is Cc1ccc2c(c1)C(=O)N(C(C)C(=O)NCC(C)(C)N)C2=O.Cl. The fraction of sp³-hybridized carbons (Fsp3) is 0.438. The number of rotatable bonds is 4. The summed E-state index contributed by atoms with van der Waals surface area (Å²) in [5, 5.41) is 2.67. The van der Waals surface area contributed by atoms with E-state index in [1.54, 1.807) is 32.0 Å². The van der Waals surface area contributed by atoms with Crippen LogP contribution in [0.4, 0.5) is 0 Å². The van der Waals surface area contributed by atoms with Crippen molar-refractivity contribution in [1.29, 1.82) is 0 Å². The molecule has 23 heavy (non-hydrogen) atoms. The Morgan fingerprint density at radius 2 is 1.83 bits per heavy atom. The standard InChI is InChI=1S/C16H21N3O3.ClH/c1-9-5-6-11-12(7-9)15(22)19(14(11)21)10(2)13(20)18-8-16(3,4)17;/h5-7,10H,8,17H2,1-4H3,(H,18,20);1H. The van der Waals surface area contributed by atoms with E-state index in [0.29, 0.717) is 11.1 Å². The molecule has 2 rings (SSSR count). The first-order valence-corrected chi connectivity index (χ1v) is 7.17. The zero-order valence-corrected chi connectivity index (χ0v) is 14.5. The Hall–Kier alpha value is -1.92. The molecule has 0 aromatic heterocycles. The van der Waals surface area contributed by atoms with Gasteiger partial charge in [0.05, 0.1) is 11.1 Å². The van der Waals surface area contributed by atoms with E-state index in [1.807, 2.05) is 6.92 Å². The van der Waals surface area contributed by atoms with Crippen molar-refractivity contribution in [3.8, 4) is 0 Å². The zero-order valence-electron chi connectivity index (χ0n) is 13.7. The highest BCUT2D eigenvalue weighted by Gasteiger charge is 2.40. The van der Waals surface area contributed by atoms with Gasteiger partial charge >= 0.3 is 0 Å². The van der Waals surface area contributed by atoms with Crippen LogP contribution < -0.4 is 11.1 Å². The number of carbonyl (C=O) groups excluding carboxylic acids is 3. The quantitative estimate of drug-likeness (QED) is 0.807. The Morgan fingerprint density at radius 3 is 2.39 bits per heavy atom. The van der Waals surface area contributed by atoms with Crippen molar-refractivity contribution in [1.82, 2.24) is 10.2 Å². The van der Waals surface area contributed by atoms with Gasteiger partial charge in [0.2, 0.25) is 5.91 Å². The molecule has 1 aliphatic heterocycles. The number of halogens is 1. The molecule has 0 aliphatic carbocycles. The Morgan fingerprint density at radius 1 is 1.26 bits per heavy atom. The molecule has 1 aromatic rings. The van der Waals surface area contributed by atoms with Crippen molar-refractivity contribution in [3.05, 3.63) is 34.9 Å². The second-order valence-electron chi connectivity index (χ2n) is 6.41. The summed E-state index contributed by atoms with van der Waals surface area (Å²) in [5.41, 5.74) is 6.84. The molecule has 6 nitrogen and oxygen atoms in total. The van der Waals surface area contributed by atoms with Gasteiger partial charge in [-0.05, 0) is 39.8 Å². The van der Waals surface area contributed by atoms with Crippen molar-refractivity contribution >= 4 is 30.1 Å². The number of imide groups is 1. The monoisotopic (exact) mass is 339 g/mol. The van der Waals surface area contributed by atoms with E-state index in [-0.39, 0.29) is 19.0 Å². The normalized spacial score (nSPS) is 15.1. The number of amides is 3. The van der Waals surface area contributed by atoms with Crippen LogP contribution in [0.3, 0.4) is 0 Å². The summed E-state index contributed by atoms with van der Waals surface area (Å²) in [6, 6.07) is 4.19. The van der Waals surface area contributed by atoms with Crippen molar-refractivity contribution in [2.24, 2.45) is 5.73 Å². The van der Waals surface area contributed by atoms with Crippen LogP contribution in [0.5, 0.6) is 0 Å². The van der Waals surface area contributed by atoms with Gasteiger partial charge in [-0.25, -0.2) is 0 Å². The maximum atomic E-state index is 12.4. The fourth-order valence-electron chi connectivity index (χ4n) is 2.30. The lowest BCUT2D eigenvalue weighted by Gasteiger charge is -2.24. The maximum absolute atomic E-state index is 12.4. The summed E-state index contributed by atoms with van der Waals surface area (Å²) in [7, 11) is 0. The van der Waals surface area contributed by atoms with E-state index in [1.165, 1.54) is 6.92 Å². The number of nitrogens with one attached hydrogen (secondary N) is 1. The molecule has 0 bridgehead atoms. The average Bonchev–Trinajstić information content (AvgIpc) is 2.66. The second-order valence-corrected chi connectivity index (χ2v) is 6.41. The largest absolute Gasteiger partial charge is 0.352 e. The minimum atomic E-state index is -0.880. The molecule has 0 radical (unpaired) electrons. The Balaban J connectivity index is 0.00000264. The van der Waals surface area contributed by atoms with Gasteiger partial charge in [0, 0.05) is 12.1 Å². The number of hydrogen-bond acceptors (Lipinski definition) is 4. The molecule has 0 saturated heterocycles. The van der Waals surface area contributed by atoms with E-state index in [9.17, 15) is 14.4 Å². The number of aryl methyl sites for hydroxylation is 1. The van der Waals surface area contributed by atoms with Crippen LogP contribution in [0.25, 0.3) is 0 Å². The number of benzene rings is 1. The van der Waals surface area contributed by atoms with E-state index < -0.39 is 29.3 Å². The molecule has 126 valence electrons. The summed E-state index contributed by atoms with van der Waals surface area (Å²) in [6.45, 7) is 7.21. The lowest BCUT2D eigenvalue weighted by molar-refractivity contribution is -0.124. The maximum Gasteiger partial charge on any atom is 0.262 e. The molecule has 1 atom stereocenters. The molecule has 1 aromatic carbocycles. The topological polar surface area (TPSA) is 92.5 Å². The highest BCUT2D eigenvalue weighted by molar-refractivity contribution is 6.22. The van der Waals surface area contributed by atoms with Crippen LogP contribution in [0, 0.1) is 6.92 Å². The average molecular weight is 340 g/mol. The smallest absolute Gasteiger partial charge is 0.262 e. The minimum absolute atomic E-state index is 0. The second kappa shape index (κ2) is 6.68. The predicted molar refractivity (Wildman–Crippen MR) is 89.7 cm³/mol. The van der Waals surface area contributed by atoms with Crippen molar-refractivity contribution in [2.75, 3.05) is 6.54 Å². The van der Waals surface area contributed by atoms with Gasteiger partial charge < -0.3 is 11.1 Å². The van der Waals surface area contributed by atoms with Crippen LogP contribution in [-0.2, 0) is 4.79 Å². The molecular formula is C16H22ClN3O3. The molecule has 3 N–H and O–H groups in total. The molecule has 1 unspecified atom stereocenters. The van der Waals surface area contributed by atoms with Gasteiger partial charge in [0.15, 0.2) is 0 Å². The van der Waals surface area contributed by atoms with Gasteiger partial charge in [-0.2, -0.15) is 0 Å². The molecule has 7 heteroatoms. The van der Waals surface area contributed by atoms with E-state index in [2.05, 4.69) is 5.32 Å². The van der Waals surface area contributed by atoms with Crippen LogP contribution in [-0.4, -0.2) is 40.7 Å². The summed E-state index contributed by atoms with van der Waals surface area (Å²) >= 11 is 0. The first-order valence-electron chi connectivity index (χ1n) is 7.17. The highest BCUT2D eigenvalue weighted by atomic mass is 35.5. The van der Waals surface area contributed by atoms with E-state index in [0.717, 1.165) is 10.5 Å². The zero-order chi connectivity index (χ0) is 16.7. The molecular weight excluding hydrogens is 318 g/mol. The van der Waals surface area contributed by atoms with Crippen molar-refractivity contribution < 1.29 is 14.4 Å². The number of nitrogens with two attached hydrogens (primary N) is 1. The number of carbonyl (C=O) groups is 3. The Kier molecular flexibility index (Phi) is 5.56. The Labute approximate surface area is 141 Å². The summed E-state index contributed by atoms with van der Waals surface area (Å²) in [6.07, 6.45) is 0. The van der Waals surface area contributed by atoms with Gasteiger partial charge in [0.1, 0.15) is 6.04 Å². The minimum Gasteiger partial charge on any atom is -0.352 e. The Bertz CT molecular complexity index is 652. The lowest BCUT2D eigenvalue weighted by atomic mass is 10.1. The van der Waals surface area contributed by atoms with Crippen LogP contribution in [0.2, 0.25) is 0 Å². The lowest BCUT2D eigenvalue weighted by Crippen LogP contribution is -2.52. The third kappa shape index (κ3) is 3.89. The van der Waals surface area contributed by atoms with Crippen LogP contribution in [0.1, 0.15) is 47.1 Å². The molecule has 0 saturated carbocycles. The van der Waals surface area contributed by atoms with Gasteiger partial charge in [-0.1, -0.05) is 11.6 Å². The van der Waals surface area contributed by atoms with E-state index >= 15 is 0 Å². The van der Waals surface area contributed by atoms with Crippen LogP contribution in [0.15, 0.2) is 18.2 Å². The molecule has 0 fully saturated rings. The van der Waals surface area contributed by atoms with Gasteiger partial charge in [-0.3, -0.25) is 19.3 Å². The molecule has 3 amide bonds. The number of nitrogens with zero attached hydrogens (tertiary/aromatic N) is 1. The molecule has 1 aliphatic rings. The summed E-state index contributed by atoms with van der Waals surface area (Å²) in [5.74, 6) is -1.27. The van der Waals surface area contributed by atoms with Crippen molar-refractivity contribution in [3.63, 3.8) is 0 Å². The molecule has 1 heterocycles. The highest BCUT2D eigenvalue weighted by Crippen LogP contribution is 2.25. The van der Waals surface area contributed by atoms with Crippen LogP contribution >= 0.6 is 12.4 Å². The third-order valence-corrected chi connectivity index (χ3v) is 3.56. The fourth-order valence-corrected chi connectivity index (χ4v) is 2.30.